The van der Waals surface area contributed by atoms with Crippen LogP contribution in [0.2, 0.25) is 0 Å². The summed E-state index contributed by atoms with van der Waals surface area (Å²) in [6, 6.07) is 0. The molecule has 0 saturated heterocycles. The maximum atomic E-state index is 11.6. The van der Waals surface area contributed by atoms with Crippen molar-refractivity contribution in [2.24, 2.45) is 0 Å². The summed E-state index contributed by atoms with van der Waals surface area (Å²) in [6.45, 7) is 5.65. The Labute approximate surface area is 78.1 Å². The predicted octanol–water partition coefficient (Wildman–Crippen LogP) is 2.66. The van der Waals surface area contributed by atoms with E-state index >= 15 is 0 Å². The second kappa shape index (κ2) is 4.21. The number of aryl methyl sites for hydroxylation is 2. The highest BCUT2D eigenvalue weighted by Crippen LogP contribution is 2.15. The average Bonchev–Trinajstić information content (AvgIpc) is 2.42. The molecule has 0 saturated carbocycles. The molecule has 0 aliphatic rings. The van der Waals surface area contributed by atoms with E-state index in [1.54, 1.807) is 13.8 Å². The van der Waals surface area contributed by atoms with Crippen LogP contribution < -0.4 is 0 Å². The van der Waals surface area contributed by atoms with Crippen molar-refractivity contribution >= 4 is 5.78 Å². The Kier molecular flexibility index (Phi) is 3.23. The summed E-state index contributed by atoms with van der Waals surface area (Å²) in [7, 11) is 0. The Balaban J connectivity index is 2.76. The molecular formula is C10H15NO2. The molecule has 0 N–H and O–H groups in total. The third-order valence-corrected chi connectivity index (χ3v) is 2.07. The first-order chi connectivity index (χ1) is 6.16. The van der Waals surface area contributed by atoms with Crippen molar-refractivity contribution in [3.05, 3.63) is 17.0 Å². The fourth-order valence-electron chi connectivity index (χ4n) is 1.34. The van der Waals surface area contributed by atoms with Gasteiger partial charge in [0.2, 0.25) is 0 Å². The molecule has 13 heavy (non-hydrogen) atoms. The van der Waals surface area contributed by atoms with E-state index in [2.05, 4.69) is 12.1 Å². The van der Waals surface area contributed by atoms with Crippen LogP contribution in [-0.4, -0.2) is 10.9 Å². The van der Waals surface area contributed by atoms with Gasteiger partial charge in [0.25, 0.3) is 0 Å². The summed E-state index contributed by atoms with van der Waals surface area (Å²) in [4.78, 5) is 11.6. The second-order valence-electron chi connectivity index (χ2n) is 3.23. The van der Waals surface area contributed by atoms with Crippen LogP contribution in [0, 0.1) is 13.8 Å². The van der Waals surface area contributed by atoms with Crippen LogP contribution in [0.5, 0.6) is 0 Å². The average molecular weight is 181 g/mol. The molecule has 0 aliphatic carbocycles. The minimum absolute atomic E-state index is 0.151. The highest BCUT2D eigenvalue weighted by atomic mass is 16.5. The summed E-state index contributed by atoms with van der Waals surface area (Å²) in [5.74, 6) is 0.789. The highest BCUT2D eigenvalue weighted by molar-refractivity contribution is 5.97. The molecule has 0 atom stereocenters. The van der Waals surface area contributed by atoms with Crippen molar-refractivity contribution in [2.75, 3.05) is 0 Å². The van der Waals surface area contributed by atoms with Crippen LogP contribution in [0.4, 0.5) is 0 Å². The Bertz CT molecular complexity index is 282. The van der Waals surface area contributed by atoms with Gasteiger partial charge in [-0.2, -0.15) is 0 Å². The summed E-state index contributed by atoms with van der Waals surface area (Å²) >= 11 is 0. The smallest absolute Gasteiger partial charge is 0.168 e. The molecule has 0 amide bonds. The van der Waals surface area contributed by atoms with E-state index in [1.807, 2.05) is 0 Å². The molecule has 0 aromatic carbocycles. The Hall–Kier alpha value is -1.12. The second-order valence-corrected chi connectivity index (χ2v) is 3.23. The standard InChI is InChI=1S/C10H15NO2/c1-4-5-6-9(12)10-7(2)11-13-8(10)3/h4-6H2,1-3H3. The van der Waals surface area contributed by atoms with E-state index in [4.69, 9.17) is 4.52 Å². The van der Waals surface area contributed by atoms with Crippen LogP contribution in [0.25, 0.3) is 0 Å². The van der Waals surface area contributed by atoms with Crippen molar-refractivity contribution in [1.29, 1.82) is 0 Å². The third-order valence-electron chi connectivity index (χ3n) is 2.07. The first-order valence-corrected chi connectivity index (χ1v) is 4.63. The minimum atomic E-state index is 0.151. The van der Waals surface area contributed by atoms with Crippen LogP contribution in [0.1, 0.15) is 48.0 Å². The molecule has 72 valence electrons. The van der Waals surface area contributed by atoms with Crippen molar-refractivity contribution in [2.45, 2.75) is 40.0 Å². The number of unbranched alkanes of at least 4 members (excludes halogenated alkanes) is 1. The number of rotatable bonds is 4. The van der Waals surface area contributed by atoms with Gasteiger partial charge in [-0.15, -0.1) is 0 Å². The lowest BCUT2D eigenvalue weighted by Gasteiger charge is -1.97. The van der Waals surface area contributed by atoms with Gasteiger partial charge in [0.15, 0.2) is 5.78 Å². The van der Waals surface area contributed by atoms with Crippen molar-refractivity contribution in [1.82, 2.24) is 5.16 Å². The number of nitrogens with zero attached hydrogens (tertiary/aromatic N) is 1. The fourth-order valence-corrected chi connectivity index (χ4v) is 1.34. The number of ketones is 1. The van der Waals surface area contributed by atoms with E-state index in [1.165, 1.54) is 0 Å². The molecule has 1 heterocycles. The highest BCUT2D eigenvalue weighted by Gasteiger charge is 2.16. The Morgan fingerprint density at radius 1 is 1.46 bits per heavy atom. The summed E-state index contributed by atoms with van der Waals surface area (Å²) in [6.07, 6.45) is 2.57. The number of hydrogen-bond donors (Lipinski definition) is 0. The normalized spacial score (nSPS) is 10.4. The van der Waals surface area contributed by atoms with Gasteiger partial charge in [-0.05, 0) is 20.3 Å². The number of Topliss-reactive ketones (excluding diaryl/α,β-unsaturated/α-hetero) is 1. The van der Waals surface area contributed by atoms with Crippen molar-refractivity contribution < 1.29 is 9.32 Å². The van der Waals surface area contributed by atoms with Crippen molar-refractivity contribution in [3.8, 4) is 0 Å². The summed E-state index contributed by atoms with van der Waals surface area (Å²) in [5, 5.41) is 3.75. The van der Waals surface area contributed by atoms with Gasteiger partial charge in [-0.25, -0.2) is 0 Å². The summed E-state index contributed by atoms with van der Waals surface area (Å²) in [5.41, 5.74) is 1.38. The Morgan fingerprint density at radius 2 is 2.15 bits per heavy atom. The molecule has 0 aliphatic heterocycles. The Morgan fingerprint density at radius 3 is 2.62 bits per heavy atom. The molecule has 0 fully saturated rings. The van der Waals surface area contributed by atoms with E-state index in [0.717, 1.165) is 12.8 Å². The van der Waals surface area contributed by atoms with E-state index < -0.39 is 0 Å². The van der Waals surface area contributed by atoms with Gasteiger partial charge in [-0.3, -0.25) is 4.79 Å². The molecule has 3 nitrogen and oxygen atoms in total. The molecule has 0 radical (unpaired) electrons. The minimum Gasteiger partial charge on any atom is -0.361 e. The zero-order valence-electron chi connectivity index (χ0n) is 8.39. The number of aromatic nitrogens is 1. The van der Waals surface area contributed by atoms with Crippen LogP contribution >= 0.6 is 0 Å². The predicted molar refractivity (Wildman–Crippen MR) is 49.8 cm³/mol. The molecule has 1 aromatic heterocycles. The number of carbonyl (C=O) groups is 1. The number of carbonyl (C=O) groups excluding carboxylic acids is 1. The fraction of sp³-hybridized carbons (Fsp3) is 0.600. The SMILES string of the molecule is CCCCC(=O)c1c(C)noc1C. The number of hydrogen-bond acceptors (Lipinski definition) is 3. The lowest BCUT2D eigenvalue weighted by Crippen LogP contribution is -2.01. The molecule has 1 rings (SSSR count). The maximum absolute atomic E-state index is 11.6. The lowest BCUT2D eigenvalue weighted by atomic mass is 10.0. The first kappa shape index (κ1) is 9.96. The van der Waals surface area contributed by atoms with Crippen LogP contribution in [0.3, 0.4) is 0 Å². The van der Waals surface area contributed by atoms with Gasteiger partial charge in [0, 0.05) is 6.42 Å². The van der Waals surface area contributed by atoms with Gasteiger partial charge < -0.3 is 4.52 Å². The lowest BCUT2D eigenvalue weighted by molar-refractivity contribution is 0.0978. The van der Waals surface area contributed by atoms with Crippen LogP contribution in [0.15, 0.2) is 4.52 Å². The topological polar surface area (TPSA) is 43.1 Å². The van der Waals surface area contributed by atoms with Gasteiger partial charge in [-0.1, -0.05) is 18.5 Å². The van der Waals surface area contributed by atoms with Gasteiger partial charge in [0.1, 0.15) is 5.76 Å². The molecular weight excluding hydrogens is 166 g/mol. The maximum Gasteiger partial charge on any atom is 0.168 e. The third kappa shape index (κ3) is 2.17. The van der Waals surface area contributed by atoms with E-state index in [9.17, 15) is 4.79 Å². The monoisotopic (exact) mass is 181 g/mol. The van der Waals surface area contributed by atoms with Crippen LogP contribution in [-0.2, 0) is 0 Å². The molecule has 0 bridgehead atoms. The van der Waals surface area contributed by atoms with E-state index in [-0.39, 0.29) is 5.78 Å². The zero-order chi connectivity index (χ0) is 9.84. The zero-order valence-corrected chi connectivity index (χ0v) is 8.39. The molecule has 1 aromatic rings. The van der Waals surface area contributed by atoms with E-state index in [0.29, 0.717) is 23.4 Å². The molecule has 3 heteroatoms. The molecule has 0 spiro atoms. The molecule has 0 unspecified atom stereocenters. The quantitative estimate of drug-likeness (QED) is 0.670. The first-order valence-electron chi connectivity index (χ1n) is 4.63. The largest absolute Gasteiger partial charge is 0.361 e. The van der Waals surface area contributed by atoms with Crippen molar-refractivity contribution in [3.63, 3.8) is 0 Å². The summed E-state index contributed by atoms with van der Waals surface area (Å²) < 4.78 is 4.93. The van der Waals surface area contributed by atoms with Gasteiger partial charge in [0.05, 0.1) is 11.3 Å². The van der Waals surface area contributed by atoms with Gasteiger partial charge >= 0.3 is 0 Å².